The van der Waals surface area contributed by atoms with Gasteiger partial charge in [0.05, 0.1) is 12.7 Å². The molecule has 21 heavy (non-hydrogen) atoms. The first-order valence-corrected chi connectivity index (χ1v) is 6.95. The van der Waals surface area contributed by atoms with E-state index in [4.69, 9.17) is 4.74 Å². The summed E-state index contributed by atoms with van der Waals surface area (Å²) in [5.74, 6) is 0.710. The van der Waals surface area contributed by atoms with Gasteiger partial charge in [0, 0.05) is 27.2 Å². The minimum Gasteiger partial charge on any atom is -0.374 e. The van der Waals surface area contributed by atoms with E-state index in [1.165, 1.54) is 11.6 Å². The van der Waals surface area contributed by atoms with E-state index in [-0.39, 0.29) is 11.7 Å². The molecular formula is C14H20N4O3. The number of anilines is 1. The minimum atomic E-state index is -0.553. The third-order valence-electron chi connectivity index (χ3n) is 3.88. The Morgan fingerprint density at radius 1 is 1.29 bits per heavy atom. The van der Waals surface area contributed by atoms with Gasteiger partial charge in [-0.2, -0.15) is 5.26 Å². The standard InChI is InChI=1S/C14H20N4O3/c1-9(2)11-8-18(5-6-21-11)12-10(7-15)13(19)17(4)14(20)16(12)3/h9,11H,5-6,8H2,1-4H3. The second-order valence-electron chi connectivity index (χ2n) is 5.62. The van der Waals surface area contributed by atoms with E-state index in [9.17, 15) is 14.9 Å². The van der Waals surface area contributed by atoms with E-state index in [2.05, 4.69) is 13.8 Å². The van der Waals surface area contributed by atoms with Crippen LogP contribution in [0.3, 0.4) is 0 Å². The van der Waals surface area contributed by atoms with Gasteiger partial charge >= 0.3 is 5.69 Å². The number of ether oxygens (including phenoxy) is 1. The highest BCUT2D eigenvalue weighted by atomic mass is 16.5. The van der Waals surface area contributed by atoms with Crippen LogP contribution in [0.5, 0.6) is 0 Å². The molecule has 2 heterocycles. The number of nitriles is 1. The Balaban J connectivity index is 2.56. The maximum Gasteiger partial charge on any atom is 0.332 e. The zero-order chi connectivity index (χ0) is 15.7. The average Bonchev–Trinajstić information content (AvgIpc) is 2.48. The van der Waals surface area contributed by atoms with Crippen LogP contribution in [0.2, 0.25) is 0 Å². The predicted octanol–water partition coefficient (Wildman–Crippen LogP) is -0.183. The number of nitrogens with zero attached hydrogens (tertiary/aromatic N) is 4. The Bertz CT molecular complexity index is 696. The van der Waals surface area contributed by atoms with E-state index < -0.39 is 11.2 Å². The molecule has 114 valence electrons. The summed E-state index contributed by atoms with van der Waals surface area (Å²) < 4.78 is 8.02. The van der Waals surface area contributed by atoms with E-state index >= 15 is 0 Å². The molecule has 1 aromatic rings. The monoisotopic (exact) mass is 292 g/mol. The van der Waals surface area contributed by atoms with Crippen molar-refractivity contribution in [1.29, 1.82) is 5.26 Å². The summed E-state index contributed by atoms with van der Waals surface area (Å²) >= 11 is 0. The Hall–Kier alpha value is -2.07. The summed E-state index contributed by atoms with van der Waals surface area (Å²) in [5.41, 5.74) is -0.978. The molecule has 0 aromatic carbocycles. The highest BCUT2D eigenvalue weighted by Gasteiger charge is 2.28. The minimum absolute atomic E-state index is 0.00371. The summed E-state index contributed by atoms with van der Waals surface area (Å²) in [4.78, 5) is 26.1. The first kappa shape index (κ1) is 15.3. The Kier molecular flexibility index (Phi) is 4.19. The SMILES string of the molecule is CC(C)C1CN(c2c(C#N)c(=O)n(C)c(=O)n2C)CCO1. The van der Waals surface area contributed by atoms with Crippen LogP contribution in [0, 0.1) is 17.2 Å². The maximum atomic E-state index is 12.1. The van der Waals surface area contributed by atoms with Gasteiger partial charge in [0.1, 0.15) is 11.9 Å². The lowest BCUT2D eigenvalue weighted by Crippen LogP contribution is -2.49. The van der Waals surface area contributed by atoms with Crippen LogP contribution in [0.4, 0.5) is 5.82 Å². The molecule has 0 aliphatic carbocycles. The van der Waals surface area contributed by atoms with Crippen molar-refractivity contribution in [2.45, 2.75) is 20.0 Å². The van der Waals surface area contributed by atoms with Crippen LogP contribution in [0.1, 0.15) is 19.4 Å². The van der Waals surface area contributed by atoms with Gasteiger partial charge < -0.3 is 9.64 Å². The average molecular weight is 292 g/mol. The third kappa shape index (κ3) is 2.59. The zero-order valence-corrected chi connectivity index (χ0v) is 12.8. The maximum absolute atomic E-state index is 12.1. The molecule has 0 amide bonds. The van der Waals surface area contributed by atoms with Crippen LogP contribution in [0.25, 0.3) is 0 Å². The van der Waals surface area contributed by atoms with Crippen molar-refractivity contribution in [1.82, 2.24) is 9.13 Å². The first-order valence-electron chi connectivity index (χ1n) is 6.95. The largest absolute Gasteiger partial charge is 0.374 e. The second kappa shape index (κ2) is 5.74. The van der Waals surface area contributed by atoms with Crippen molar-refractivity contribution < 1.29 is 4.74 Å². The molecule has 0 bridgehead atoms. The zero-order valence-electron chi connectivity index (χ0n) is 12.8. The molecule has 1 saturated heterocycles. The van der Waals surface area contributed by atoms with Crippen molar-refractivity contribution >= 4 is 5.82 Å². The normalized spacial score (nSPS) is 18.9. The lowest BCUT2D eigenvalue weighted by Gasteiger charge is -2.37. The van der Waals surface area contributed by atoms with Gasteiger partial charge in [0.25, 0.3) is 5.56 Å². The summed E-state index contributed by atoms with van der Waals surface area (Å²) in [5, 5.41) is 9.31. The van der Waals surface area contributed by atoms with Crippen molar-refractivity contribution in [2.24, 2.45) is 20.0 Å². The summed E-state index contributed by atoms with van der Waals surface area (Å²) in [6.45, 7) is 5.74. The molecular weight excluding hydrogens is 272 g/mol. The lowest BCUT2D eigenvalue weighted by molar-refractivity contribution is 0.0109. The number of hydrogen-bond donors (Lipinski definition) is 0. The van der Waals surface area contributed by atoms with Crippen molar-refractivity contribution in [3.8, 4) is 6.07 Å². The molecule has 0 radical (unpaired) electrons. The summed E-state index contributed by atoms with van der Waals surface area (Å²) in [7, 11) is 2.96. The smallest absolute Gasteiger partial charge is 0.332 e. The Morgan fingerprint density at radius 2 is 1.95 bits per heavy atom. The molecule has 0 saturated carbocycles. The fraction of sp³-hybridized carbons (Fsp3) is 0.643. The van der Waals surface area contributed by atoms with Gasteiger partial charge in [0.2, 0.25) is 0 Å². The molecule has 1 unspecified atom stereocenters. The highest BCUT2D eigenvalue weighted by molar-refractivity contribution is 5.53. The van der Waals surface area contributed by atoms with Gasteiger partial charge in [-0.25, -0.2) is 4.79 Å². The molecule has 2 rings (SSSR count). The topological polar surface area (TPSA) is 80.3 Å². The molecule has 0 spiro atoms. The van der Waals surface area contributed by atoms with Gasteiger partial charge in [-0.15, -0.1) is 0 Å². The molecule has 0 N–H and O–H groups in total. The van der Waals surface area contributed by atoms with Gasteiger partial charge in [-0.1, -0.05) is 13.8 Å². The number of morpholine rings is 1. The molecule has 1 atom stereocenters. The van der Waals surface area contributed by atoms with E-state index in [0.717, 1.165) is 4.57 Å². The van der Waals surface area contributed by atoms with Crippen LogP contribution in [-0.4, -0.2) is 34.9 Å². The first-order chi connectivity index (χ1) is 9.88. The van der Waals surface area contributed by atoms with Gasteiger partial charge in [-0.05, 0) is 5.92 Å². The fourth-order valence-electron chi connectivity index (χ4n) is 2.57. The summed E-state index contributed by atoms with van der Waals surface area (Å²) in [6.07, 6.45) is 0.0180. The number of aromatic nitrogens is 2. The van der Waals surface area contributed by atoms with E-state index in [0.29, 0.717) is 31.4 Å². The van der Waals surface area contributed by atoms with Crippen LogP contribution in [-0.2, 0) is 18.8 Å². The van der Waals surface area contributed by atoms with Crippen LogP contribution >= 0.6 is 0 Å². The number of hydrogen-bond acceptors (Lipinski definition) is 5. The lowest BCUT2D eigenvalue weighted by atomic mass is 10.1. The predicted molar refractivity (Wildman–Crippen MR) is 78.4 cm³/mol. The second-order valence-corrected chi connectivity index (χ2v) is 5.62. The summed E-state index contributed by atoms with van der Waals surface area (Å²) in [6, 6.07) is 1.94. The van der Waals surface area contributed by atoms with Crippen molar-refractivity contribution in [3.63, 3.8) is 0 Å². The Morgan fingerprint density at radius 3 is 2.52 bits per heavy atom. The highest BCUT2D eigenvalue weighted by Crippen LogP contribution is 2.21. The molecule has 1 aromatic heterocycles. The molecule has 1 fully saturated rings. The molecule has 7 heteroatoms. The van der Waals surface area contributed by atoms with Crippen molar-refractivity contribution in [2.75, 3.05) is 24.6 Å². The van der Waals surface area contributed by atoms with E-state index in [1.807, 2.05) is 11.0 Å². The Labute approximate surface area is 123 Å². The van der Waals surface area contributed by atoms with Gasteiger partial charge in [0.15, 0.2) is 5.56 Å². The number of rotatable bonds is 2. The third-order valence-corrected chi connectivity index (χ3v) is 3.88. The van der Waals surface area contributed by atoms with Gasteiger partial charge in [-0.3, -0.25) is 13.9 Å². The molecule has 1 aliphatic heterocycles. The van der Waals surface area contributed by atoms with Crippen LogP contribution < -0.4 is 16.1 Å². The molecule has 7 nitrogen and oxygen atoms in total. The van der Waals surface area contributed by atoms with Crippen molar-refractivity contribution in [3.05, 3.63) is 26.4 Å². The molecule has 1 aliphatic rings. The van der Waals surface area contributed by atoms with E-state index in [1.54, 1.807) is 7.05 Å². The quantitative estimate of drug-likeness (QED) is 0.755. The van der Waals surface area contributed by atoms with Crippen LogP contribution in [0.15, 0.2) is 9.59 Å². The fourth-order valence-corrected chi connectivity index (χ4v) is 2.57.